The molecule has 1 aliphatic rings. The summed E-state index contributed by atoms with van der Waals surface area (Å²) in [6.07, 6.45) is 3.35. The van der Waals surface area contributed by atoms with Crippen LogP contribution < -0.4 is 10.2 Å². The number of benzene rings is 1. The third-order valence-corrected chi connectivity index (χ3v) is 4.02. The van der Waals surface area contributed by atoms with E-state index in [1.807, 2.05) is 0 Å². The van der Waals surface area contributed by atoms with Crippen molar-refractivity contribution in [3.05, 3.63) is 40.9 Å². The Kier molecular flexibility index (Phi) is 4.57. The first-order valence-electron chi connectivity index (χ1n) is 7.37. The summed E-state index contributed by atoms with van der Waals surface area (Å²) in [7, 11) is 0. The normalized spacial score (nSPS) is 14.3. The topological polar surface area (TPSA) is 91.0 Å². The number of aromatic nitrogens is 3. The highest BCUT2D eigenvalue weighted by Gasteiger charge is 2.23. The maximum absolute atomic E-state index is 12.3. The van der Waals surface area contributed by atoms with Crippen molar-refractivity contribution in [2.24, 2.45) is 0 Å². The van der Waals surface area contributed by atoms with Crippen molar-refractivity contribution in [1.29, 1.82) is 0 Å². The number of amides is 2. The number of H-pyrrole nitrogens is 1. The van der Waals surface area contributed by atoms with Crippen molar-refractivity contribution < 1.29 is 9.59 Å². The molecule has 2 amide bonds. The Morgan fingerprint density at radius 2 is 2.30 bits per heavy atom. The molecule has 0 aliphatic carbocycles. The van der Waals surface area contributed by atoms with E-state index in [2.05, 4.69) is 20.5 Å². The Labute approximate surface area is 138 Å². The molecule has 120 valence electrons. The maximum Gasteiger partial charge on any atom is 0.252 e. The number of nitrogens with zero attached hydrogens (tertiary/aromatic N) is 3. The van der Waals surface area contributed by atoms with Crippen LogP contribution in [0.3, 0.4) is 0 Å². The van der Waals surface area contributed by atoms with Crippen LogP contribution in [0.25, 0.3) is 0 Å². The minimum absolute atomic E-state index is 0.0731. The average molecular weight is 334 g/mol. The highest BCUT2D eigenvalue weighted by Crippen LogP contribution is 2.26. The highest BCUT2D eigenvalue weighted by atomic mass is 35.5. The fraction of sp³-hybridized carbons (Fsp3) is 0.333. The van der Waals surface area contributed by atoms with Crippen molar-refractivity contribution in [2.45, 2.75) is 19.3 Å². The molecule has 8 heteroatoms. The van der Waals surface area contributed by atoms with E-state index in [-0.39, 0.29) is 11.8 Å². The Bertz CT molecular complexity index is 717. The van der Waals surface area contributed by atoms with E-state index < -0.39 is 0 Å². The zero-order chi connectivity index (χ0) is 16.2. The van der Waals surface area contributed by atoms with Crippen LogP contribution in [0.1, 0.15) is 29.0 Å². The molecule has 0 spiro atoms. The van der Waals surface area contributed by atoms with Crippen LogP contribution in [0.5, 0.6) is 0 Å². The molecule has 2 heterocycles. The van der Waals surface area contributed by atoms with Crippen LogP contribution in [0.15, 0.2) is 24.5 Å². The first-order chi connectivity index (χ1) is 11.1. The predicted molar refractivity (Wildman–Crippen MR) is 85.5 cm³/mol. The lowest BCUT2D eigenvalue weighted by atomic mass is 10.1. The molecular formula is C15H16ClN5O2. The number of aromatic amines is 1. The third kappa shape index (κ3) is 3.50. The fourth-order valence-electron chi connectivity index (χ4n) is 2.52. The molecule has 2 aromatic rings. The highest BCUT2D eigenvalue weighted by molar-refractivity contribution is 6.34. The van der Waals surface area contributed by atoms with Gasteiger partial charge in [-0.25, -0.2) is 4.98 Å². The summed E-state index contributed by atoms with van der Waals surface area (Å²) in [4.78, 5) is 29.8. The van der Waals surface area contributed by atoms with Gasteiger partial charge >= 0.3 is 0 Å². The lowest BCUT2D eigenvalue weighted by molar-refractivity contribution is -0.117. The molecule has 1 aromatic heterocycles. The summed E-state index contributed by atoms with van der Waals surface area (Å²) >= 11 is 6.12. The predicted octanol–water partition coefficient (Wildman–Crippen LogP) is 1.56. The van der Waals surface area contributed by atoms with Gasteiger partial charge in [-0.3, -0.25) is 14.7 Å². The number of halogens is 1. The molecule has 0 unspecified atom stereocenters. The first kappa shape index (κ1) is 15.5. The monoisotopic (exact) mass is 333 g/mol. The fourth-order valence-corrected chi connectivity index (χ4v) is 2.72. The number of rotatable bonds is 5. The van der Waals surface area contributed by atoms with Gasteiger partial charge in [-0.2, -0.15) is 5.10 Å². The van der Waals surface area contributed by atoms with E-state index in [4.69, 9.17) is 11.6 Å². The molecular weight excluding hydrogens is 318 g/mol. The van der Waals surface area contributed by atoms with Gasteiger partial charge in [-0.1, -0.05) is 11.6 Å². The van der Waals surface area contributed by atoms with E-state index in [0.717, 1.165) is 6.42 Å². The standard InChI is InChI=1S/C15H16ClN5O2/c16-12-4-3-10(21-7-1-2-14(21)22)8-11(12)15(23)17-6-5-13-18-9-19-20-13/h3-4,8-9H,1-2,5-7H2,(H,17,23)(H,18,19,20). The number of nitrogens with one attached hydrogen (secondary N) is 2. The minimum atomic E-state index is -0.275. The van der Waals surface area contributed by atoms with Gasteiger partial charge < -0.3 is 10.2 Å². The Balaban J connectivity index is 1.68. The number of hydrogen-bond acceptors (Lipinski definition) is 4. The smallest absolute Gasteiger partial charge is 0.252 e. The van der Waals surface area contributed by atoms with Gasteiger partial charge in [0.05, 0.1) is 10.6 Å². The zero-order valence-corrected chi connectivity index (χ0v) is 13.1. The molecule has 0 atom stereocenters. The summed E-state index contributed by atoms with van der Waals surface area (Å²) in [5, 5.41) is 9.63. The molecule has 0 saturated carbocycles. The van der Waals surface area contributed by atoms with Crippen molar-refractivity contribution in [2.75, 3.05) is 18.0 Å². The molecule has 1 saturated heterocycles. The van der Waals surface area contributed by atoms with Crippen molar-refractivity contribution in [3.8, 4) is 0 Å². The Morgan fingerprint density at radius 1 is 1.43 bits per heavy atom. The van der Waals surface area contributed by atoms with E-state index in [1.54, 1.807) is 23.1 Å². The van der Waals surface area contributed by atoms with Crippen molar-refractivity contribution >= 4 is 29.1 Å². The second-order valence-corrected chi connectivity index (χ2v) is 5.66. The van der Waals surface area contributed by atoms with Crippen LogP contribution in [0.2, 0.25) is 5.02 Å². The second-order valence-electron chi connectivity index (χ2n) is 5.25. The van der Waals surface area contributed by atoms with E-state index >= 15 is 0 Å². The average Bonchev–Trinajstić information content (AvgIpc) is 3.19. The van der Waals surface area contributed by atoms with Crippen LogP contribution >= 0.6 is 11.6 Å². The summed E-state index contributed by atoms with van der Waals surface area (Å²) in [5.74, 6) is 0.500. The van der Waals surface area contributed by atoms with Crippen LogP contribution in [0, 0.1) is 0 Å². The second kappa shape index (κ2) is 6.78. The SMILES string of the molecule is O=C(NCCc1ncn[nH]1)c1cc(N2CCCC2=O)ccc1Cl. The molecule has 7 nitrogen and oxygen atoms in total. The van der Waals surface area contributed by atoms with Gasteiger partial charge in [0.1, 0.15) is 12.2 Å². The molecule has 3 rings (SSSR count). The van der Waals surface area contributed by atoms with Crippen molar-refractivity contribution in [3.63, 3.8) is 0 Å². The van der Waals surface area contributed by atoms with E-state index in [0.29, 0.717) is 48.0 Å². The van der Waals surface area contributed by atoms with Gasteiger partial charge in [0.25, 0.3) is 5.91 Å². The van der Waals surface area contributed by atoms with Gasteiger partial charge in [0.15, 0.2) is 0 Å². The first-order valence-corrected chi connectivity index (χ1v) is 7.75. The summed E-state index contributed by atoms with van der Waals surface area (Å²) in [6, 6.07) is 5.07. The minimum Gasteiger partial charge on any atom is -0.352 e. The third-order valence-electron chi connectivity index (χ3n) is 3.69. The van der Waals surface area contributed by atoms with Gasteiger partial charge in [-0.15, -0.1) is 0 Å². The van der Waals surface area contributed by atoms with Gasteiger partial charge in [0, 0.05) is 31.6 Å². The zero-order valence-electron chi connectivity index (χ0n) is 12.4. The number of carbonyl (C=O) groups is 2. The molecule has 1 fully saturated rings. The van der Waals surface area contributed by atoms with E-state index in [9.17, 15) is 9.59 Å². The van der Waals surface area contributed by atoms with E-state index in [1.165, 1.54) is 6.33 Å². The summed E-state index contributed by atoms with van der Waals surface area (Å²) in [6.45, 7) is 1.09. The molecule has 1 aliphatic heterocycles. The number of hydrogen-bond donors (Lipinski definition) is 2. The molecule has 23 heavy (non-hydrogen) atoms. The Hall–Kier alpha value is -2.41. The van der Waals surface area contributed by atoms with Crippen molar-refractivity contribution in [1.82, 2.24) is 20.5 Å². The molecule has 1 aromatic carbocycles. The molecule has 0 bridgehead atoms. The summed E-state index contributed by atoms with van der Waals surface area (Å²) < 4.78 is 0. The largest absolute Gasteiger partial charge is 0.352 e. The lowest BCUT2D eigenvalue weighted by Gasteiger charge is -2.17. The van der Waals surface area contributed by atoms with Crippen LogP contribution in [-0.2, 0) is 11.2 Å². The quantitative estimate of drug-likeness (QED) is 0.868. The summed E-state index contributed by atoms with van der Waals surface area (Å²) in [5.41, 5.74) is 1.07. The molecule has 2 N–H and O–H groups in total. The number of carbonyl (C=O) groups excluding carboxylic acids is 2. The van der Waals surface area contributed by atoms with Crippen LogP contribution in [0.4, 0.5) is 5.69 Å². The van der Waals surface area contributed by atoms with Gasteiger partial charge in [0.2, 0.25) is 5.91 Å². The molecule has 0 radical (unpaired) electrons. The van der Waals surface area contributed by atoms with Crippen LogP contribution in [-0.4, -0.2) is 40.1 Å². The Morgan fingerprint density at radius 3 is 3.00 bits per heavy atom. The number of anilines is 1. The maximum atomic E-state index is 12.3. The van der Waals surface area contributed by atoms with Gasteiger partial charge in [-0.05, 0) is 24.6 Å². The lowest BCUT2D eigenvalue weighted by Crippen LogP contribution is -2.27.